The Labute approximate surface area is 137 Å². The molecule has 0 saturated carbocycles. The predicted molar refractivity (Wildman–Crippen MR) is 81.8 cm³/mol. The van der Waals surface area contributed by atoms with Gasteiger partial charge < -0.3 is 10.0 Å². The molecule has 1 aromatic heterocycles. The van der Waals surface area contributed by atoms with E-state index in [-0.39, 0.29) is 23.9 Å². The summed E-state index contributed by atoms with van der Waals surface area (Å²) in [7, 11) is 0. The standard InChI is InChI=1S/C16H17F2N3O3/c1-3-21(15(22)13-8-14(16(23)24)20-19-13)9(2)6-10-4-5-11(17)7-12(10)18/h4-5,7-9H,3,6H2,1-2H3,(H,19,20)(H,23,24)/t9-/m0/s1. The minimum atomic E-state index is -1.22. The largest absolute Gasteiger partial charge is 0.477 e. The molecule has 0 radical (unpaired) electrons. The Kier molecular flexibility index (Phi) is 5.28. The van der Waals surface area contributed by atoms with Crippen LogP contribution in [0.4, 0.5) is 8.78 Å². The molecule has 0 saturated heterocycles. The highest BCUT2D eigenvalue weighted by atomic mass is 19.1. The molecule has 0 bridgehead atoms. The maximum atomic E-state index is 13.8. The van der Waals surface area contributed by atoms with Gasteiger partial charge >= 0.3 is 5.97 Å². The second kappa shape index (κ2) is 7.20. The quantitative estimate of drug-likeness (QED) is 0.848. The topological polar surface area (TPSA) is 86.3 Å². The summed E-state index contributed by atoms with van der Waals surface area (Å²) >= 11 is 0. The first-order valence-corrected chi connectivity index (χ1v) is 7.37. The summed E-state index contributed by atoms with van der Waals surface area (Å²) < 4.78 is 26.7. The summed E-state index contributed by atoms with van der Waals surface area (Å²) in [6.07, 6.45) is 0.196. The molecule has 2 N–H and O–H groups in total. The lowest BCUT2D eigenvalue weighted by molar-refractivity contribution is 0.0686. The fourth-order valence-corrected chi connectivity index (χ4v) is 2.46. The van der Waals surface area contributed by atoms with Crippen LogP contribution in [0.2, 0.25) is 0 Å². The average Bonchev–Trinajstić information content (AvgIpc) is 3.01. The molecule has 0 spiro atoms. The molecule has 2 aromatic rings. The Morgan fingerprint density at radius 3 is 2.58 bits per heavy atom. The molecule has 8 heteroatoms. The van der Waals surface area contributed by atoms with Crippen molar-refractivity contribution in [3.05, 3.63) is 52.9 Å². The normalized spacial score (nSPS) is 12.0. The van der Waals surface area contributed by atoms with Crippen molar-refractivity contribution < 1.29 is 23.5 Å². The molecule has 1 amide bonds. The number of benzene rings is 1. The molecule has 6 nitrogen and oxygen atoms in total. The fraction of sp³-hybridized carbons (Fsp3) is 0.312. The highest BCUT2D eigenvalue weighted by Crippen LogP contribution is 2.16. The molecule has 24 heavy (non-hydrogen) atoms. The van der Waals surface area contributed by atoms with Crippen LogP contribution in [0.1, 0.15) is 40.4 Å². The van der Waals surface area contributed by atoms with E-state index >= 15 is 0 Å². The van der Waals surface area contributed by atoms with E-state index in [1.807, 2.05) is 0 Å². The first kappa shape index (κ1) is 17.6. The van der Waals surface area contributed by atoms with Crippen molar-refractivity contribution in [2.75, 3.05) is 6.54 Å². The maximum absolute atomic E-state index is 13.8. The van der Waals surface area contributed by atoms with E-state index in [1.54, 1.807) is 13.8 Å². The van der Waals surface area contributed by atoms with Gasteiger partial charge in [0.05, 0.1) is 0 Å². The van der Waals surface area contributed by atoms with Gasteiger partial charge in [-0.3, -0.25) is 9.89 Å². The maximum Gasteiger partial charge on any atom is 0.353 e. The third-order valence-corrected chi connectivity index (χ3v) is 3.69. The summed E-state index contributed by atoms with van der Waals surface area (Å²) in [5, 5.41) is 14.8. The van der Waals surface area contributed by atoms with Crippen molar-refractivity contribution >= 4 is 11.9 Å². The Balaban J connectivity index is 2.16. The van der Waals surface area contributed by atoms with Crippen LogP contribution in [0.25, 0.3) is 0 Å². The number of aromatic nitrogens is 2. The summed E-state index contributed by atoms with van der Waals surface area (Å²) in [5.41, 5.74) is 0.0794. The minimum Gasteiger partial charge on any atom is -0.477 e. The molecule has 0 aliphatic heterocycles. The zero-order chi connectivity index (χ0) is 17.9. The zero-order valence-electron chi connectivity index (χ0n) is 13.2. The van der Waals surface area contributed by atoms with Crippen molar-refractivity contribution in [2.24, 2.45) is 0 Å². The third-order valence-electron chi connectivity index (χ3n) is 3.69. The van der Waals surface area contributed by atoms with Crippen LogP contribution in [0.5, 0.6) is 0 Å². The molecule has 1 atom stereocenters. The summed E-state index contributed by atoms with van der Waals surface area (Å²) in [6, 6.07) is 4.07. The Hall–Kier alpha value is -2.77. The van der Waals surface area contributed by atoms with Gasteiger partial charge in [0.1, 0.15) is 17.3 Å². The number of nitrogens with one attached hydrogen (secondary N) is 1. The number of carboxylic acids is 1. The van der Waals surface area contributed by atoms with Crippen molar-refractivity contribution in [3.8, 4) is 0 Å². The van der Waals surface area contributed by atoms with E-state index in [1.165, 1.54) is 11.0 Å². The number of aromatic carboxylic acids is 1. The summed E-state index contributed by atoms with van der Waals surface area (Å²) in [5.74, 6) is -3.01. The Morgan fingerprint density at radius 1 is 1.33 bits per heavy atom. The number of halogens is 2. The number of carbonyl (C=O) groups excluding carboxylic acids is 1. The van der Waals surface area contributed by atoms with Crippen molar-refractivity contribution in [1.82, 2.24) is 15.1 Å². The average molecular weight is 337 g/mol. The van der Waals surface area contributed by atoms with E-state index in [0.29, 0.717) is 12.1 Å². The number of nitrogens with zero attached hydrogens (tertiary/aromatic N) is 2. The zero-order valence-corrected chi connectivity index (χ0v) is 13.2. The molecular formula is C16H17F2N3O3. The van der Waals surface area contributed by atoms with Gasteiger partial charge in [0.15, 0.2) is 5.69 Å². The molecule has 0 unspecified atom stereocenters. The van der Waals surface area contributed by atoms with E-state index in [0.717, 1.165) is 18.2 Å². The van der Waals surface area contributed by atoms with E-state index in [2.05, 4.69) is 10.2 Å². The lowest BCUT2D eigenvalue weighted by Crippen LogP contribution is -2.40. The number of hydrogen-bond acceptors (Lipinski definition) is 3. The summed E-state index contributed by atoms with van der Waals surface area (Å²) in [4.78, 5) is 24.8. The molecular weight excluding hydrogens is 320 g/mol. The van der Waals surface area contributed by atoms with Gasteiger partial charge in [0.2, 0.25) is 0 Å². The van der Waals surface area contributed by atoms with Crippen LogP contribution in [0.3, 0.4) is 0 Å². The van der Waals surface area contributed by atoms with E-state index in [9.17, 15) is 18.4 Å². The number of rotatable bonds is 6. The SMILES string of the molecule is CCN(C(=O)c1cc(C(=O)O)[nH]n1)[C@@H](C)Cc1ccc(F)cc1F. The Bertz CT molecular complexity index is 761. The van der Waals surface area contributed by atoms with Crippen LogP contribution >= 0.6 is 0 Å². The fourth-order valence-electron chi connectivity index (χ4n) is 2.46. The van der Waals surface area contributed by atoms with Crippen molar-refractivity contribution in [2.45, 2.75) is 26.3 Å². The van der Waals surface area contributed by atoms with Crippen LogP contribution in [0, 0.1) is 11.6 Å². The molecule has 0 aliphatic carbocycles. The minimum absolute atomic E-state index is 0.0271. The smallest absolute Gasteiger partial charge is 0.353 e. The summed E-state index contributed by atoms with van der Waals surface area (Å²) in [6.45, 7) is 3.81. The van der Waals surface area contributed by atoms with Crippen LogP contribution in [-0.4, -0.2) is 44.7 Å². The predicted octanol–water partition coefficient (Wildman–Crippen LogP) is 2.48. The van der Waals surface area contributed by atoms with Crippen LogP contribution in [-0.2, 0) is 6.42 Å². The highest BCUT2D eigenvalue weighted by Gasteiger charge is 2.24. The molecule has 2 rings (SSSR count). The molecule has 1 aromatic carbocycles. The number of amides is 1. The van der Waals surface area contributed by atoms with Crippen LogP contribution < -0.4 is 0 Å². The van der Waals surface area contributed by atoms with Gasteiger partial charge in [-0.25, -0.2) is 13.6 Å². The number of hydrogen-bond donors (Lipinski definition) is 2. The molecule has 0 aliphatic rings. The number of H-pyrrole nitrogens is 1. The monoisotopic (exact) mass is 337 g/mol. The van der Waals surface area contributed by atoms with Gasteiger partial charge in [-0.15, -0.1) is 0 Å². The number of aromatic amines is 1. The lowest BCUT2D eigenvalue weighted by Gasteiger charge is -2.27. The van der Waals surface area contributed by atoms with Gasteiger partial charge in [-0.1, -0.05) is 6.07 Å². The van der Waals surface area contributed by atoms with Gasteiger partial charge in [-0.05, 0) is 31.9 Å². The second-order valence-corrected chi connectivity index (χ2v) is 5.35. The molecule has 1 heterocycles. The lowest BCUT2D eigenvalue weighted by atomic mass is 10.0. The van der Waals surface area contributed by atoms with Gasteiger partial charge in [0, 0.05) is 24.7 Å². The first-order chi connectivity index (χ1) is 11.3. The van der Waals surface area contributed by atoms with E-state index in [4.69, 9.17) is 5.11 Å². The first-order valence-electron chi connectivity index (χ1n) is 7.37. The molecule has 0 fully saturated rings. The van der Waals surface area contributed by atoms with Crippen molar-refractivity contribution in [1.29, 1.82) is 0 Å². The van der Waals surface area contributed by atoms with Gasteiger partial charge in [0.25, 0.3) is 5.91 Å². The third kappa shape index (κ3) is 3.76. The number of likely N-dealkylation sites (N-methyl/N-ethyl adjacent to an activating group) is 1. The molecule has 128 valence electrons. The van der Waals surface area contributed by atoms with Gasteiger partial charge in [-0.2, -0.15) is 5.10 Å². The van der Waals surface area contributed by atoms with Crippen molar-refractivity contribution in [3.63, 3.8) is 0 Å². The highest BCUT2D eigenvalue weighted by molar-refractivity contribution is 5.95. The second-order valence-electron chi connectivity index (χ2n) is 5.35. The van der Waals surface area contributed by atoms with E-state index < -0.39 is 23.5 Å². The number of carbonyl (C=O) groups is 2. The van der Waals surface area contributed by atoms with Crippen LogP contribution in [0.15, 0.2) is 24.3 Å². The number of carboxylic acid groups (broad SMARTS) is 1. The Morgan fingerprint density at radius 2 is 2.04 bits per heavy atom.